The first kappa shape index (κ1) is 12.9. The number of nitrogens with one attached hydrogen (secondary N) is 1. The first-order valence-corrected chi connectivity index (χ1v) is 6.07. The number of aliphatic hydroxyl groups is 1. The van der Waals surface area contributed by atoms with Gasteiger partial charge >= 0.3 is 0 Å². The van der Waals surface area contributed by atoms with Crippen LogP contribution in [-0.2, 0) is 13.6 Å². The van der Waals surface area contributed by atoms with Crippen molar-refractivity contribution in [2.24, 2.45) is 7.05 Å². The Kier molecular flexibility index (Phi) is 4.17. The molecule has 2 aromatic rings. The van der Waals surface area contributed by atoms with Gasteiger partial charge in [0.05, 0.1) is 12.5 Å². The maximum Gasteiger partial charge on any atom is 0.132 e. The van der Waals surface area contributed by atoms with Crippen molar-refractivity contribution in [3.8, 4) is 0 Å². The molecule has 18 heavy (non-hydrogen) atoms. The van der Waals surface area contributed by atoms with E-state index in [-0.39, 0.29) is 6.04 Å². The van der Waals surface area contributed by atoms with Crippen LogP contribution < -0.4 is 5.32 Å². The van der Waals surface area contributed by atoms with E-state index in [9.17, 15) is 5.11 Å². The Balaban J connectivity index is 1.76. The van der Waals surface area contributed by atoms with Crippen LogP contribution in [-0.4, -0.2) is 20.9 Å². The second-order valence-electron chi connectivity index (χ2n) is 4.57. The third-order valence-electron chi connectivity index (χ3n) is 2.86. The molecule has 0 fully saturated rings. The maximum atomic E-state index is 9.93. The second-order valence-corrected chi connectivity index (χ2v) is 4.57. The molecule has 2 atom stereocenters. The normalized spacial score (nSPS) is 14.6. The van der Waals surface area contributed by atoms with Gasteiger partial charge < -0.3 is 14.8 Å². The van der Waals surface area contributed by atoms with E-state index < -0.39 is 6.10 Å². The van der Waals surface area contributed by atoms with Gasteiger partial charge in [-0.25, -0.2) is 0 Å². The third-order valence-corrected chi connectivity index (χ3v) is 2.86. The van der Waals surface area contributed by atoms with Crippen molar-refractivity contribution >= 4 is 0 Å². The predicted molar refractivity (Wildman–Crippen MR) is 67.8 cm³/mol. The summed E-state index contributed by atoms with van der Waals surface area (Å²) in [5.41, 5.74) is 1.14. The monoisotopic (exact) mass is 249 g/mol. The van der Waals surface area contributed by atoms with E-state index in [1.54, 1.807) is 23.1 Å². The topological polar surface area (TPSA) is 63.2 Å². The zero-order chi connectivity index (χ0) is 13.0. The smallest absolute Gasteiger partial charge is 0.132 e. The van der Waals surface area contributed by atoms with E-state index in [4.69, 9.17) is 4.42 Å². The fourth-order valence-corrected chi connectivity index (χ4v) is 1.87. The first-order chi connectivity index (χ1) is 8.65. The maximum absolute atomic E-state index is 9.93. The molecule has 0 spiro atoms. The van der Waals surface area contributed by atoms with Gasteiger partial charge in [0, 0.05) is 31.4 Å². The largest absolute Gasteiger partial charge is 0.467 e. The molecule has 5 nitrogen and oxygen atoms in total. The summed E-state index contributed by atoms with van der Waals surface area (Å²) in [7, 11) is 1.90. The molecule has 0 aromatic carbocycles. The lowest BCUT2D eigenvalue weighted by Gasteiger charge is -2.16. The highest BCUT2D eigenvalue weighted by Crippen LogP contribution is 2.18. The second kappa shape index (κ2) is 5.84. The van der Waals surface area contributed by atoms with Gasteiger partial charge in [-0.2, -0.15) is 5.10 Å². The average molecular weight is 249 g/mol. The van der Waals surface area contributed by atoms with Gasteiger partial charge in [0.1, 0.15) is 11.9 Å². The van der Waals surface area contributed by atoms with E-state index in [2.05, 4.69) is 10.4 Å². The number of hydrogen-bond donors (Lipinski definition) is 2. The van der Waals surface area contributed by atoms with Crippen molar-refractivity contribution in [1.82, 2.24) is 15.1 Å². The van der Waals surface area contributed by atoms with Crippen molar-refractivity contribution in [1.29, 1.82) is 0 Å². The van der Waals surface area contributed by atoms with Crippen LogP contribution in [0.15, 0.2) is 35.2 Å². The summed E-state index contributed by atoms with van der Waals surface area (Å²) < 4.78 is 6.95. The summed E-state index contributed by atoms with van der Waals surface area (Å²) in [6.45, 7) is 2.79. The predicted octanol–water partition coefficient (Wildman–Crippen LogP) is 1.61. The summed E-state index contributed by atoms with van der Waals surface area (Å²) in [6, 6.07) is 3.77. The Morgan fingerprint density at radius 1 is 1.56 bits per heavy atom. The molecule has 2 N–H and O–H groups in total. The van der Waals surface area contributed by atoms with E-state index >= 15 is 0 Å². The summed E-state index contributed by atoms with van der Waals surface area (Å²) >= 11 is 0. The molecule has 2 aromatic heterocycles. The van der Waals surface area contributed by atoms with Crippen LogP contribution in [0.4, 0.5) is 0 Å². The van der Waals surface area contributed by atoms with Crippen LogP contribution in [0.2, 0.25) is 0 Å². The minimum absolute atomic E-state index is 0.199. The van der Waals surface area contributed by atoms with E-state index in [0.29, 0.717) is 12.2 Å². The Hall–Kier alpha value is -1.59. The lowest BCUT2D eigenvalue weighted by Crippen LogP contribution is -2.27. The number of hydrogen-bond acceptors (Lipinski definition) is 4. The Morgan fingerprint density at radius 2 is 2.39 bits per heavy atom. The van der Waals surface area contributed by atoms with Gasteiger partial charge in [-0.05, 0) is 25.5 Å². The molecular formula is C13H19N3O2. The summed E-state index contributed by atoms with van der Waals surface area (Å²) in [4.78, 5) is 0. The van der Waals surface area contributed by atoms with Crippen LogP contribution in [0.5, 0.6) is 0 Å². The van der Waals surface area contributed by atoms with Gasteiger partial charge in [0.2, 0.25) is 0 Å². The highest BCUT2D eigenvalue weighted by Gasteiger charge is 2.14. The van der Waals surface area contributed by atoms with Gasteiger partial charge in [0.25, 0.3) is 0 Å². The number of aromatic nitrogens is 2. The van der Waals surface area contributed by atoms with Crippen molar-refractivity contribution < 1.29 is 9.52 Å². The van der Waals surface area contributed by atoms with Crippen LogP contribution in [0, 0.1) is 0 Å². The molecular weight excluding hydrogens is 230 g/mol. The van der Waals surface area contributed by atoms with E-state index in [0.717, 1.165) is 12.1 Å². The molecule has 2 rings (SSSR count). The number of furan rings is 1. The van der Waals surface area contributed by atoms with Gasteiger partial charge in [-0.3, -0.25) is 4.68 Å². The molecule has 0 saturated carbocycles. The molecule has 0 amide bonds. The molecule has 0 aliphatic rings. The van der Waals surface area contributed by atoms with Crippen molar-refractivity contribution in [3.63, 3.8) is 0 Å². The third kappa shape index (κ3) is 3.45. The molecule has 0 radical (unpaired) electrons. The standard InChI is InChI=1S/C13H19N3O2/c1-10(6-12(17)13-4-3-5-18-13)14-7-11-8-15-16(2)9-11/h3-5,8-10,12,14,17H,6-7H2,1-2H3. The minimum Gasteiger partial charge on any atom is -0.467 e. The van der Waals surface area contributed by atoms with Crippen LogP contribution in [0.1, 0.15) is 30.8 Å². The summed E-state index contributed by atoms with van der Waals surface area (Å²) in [5, 5.41) is 17.4. The molecule has 0 aliphatic heterocycles. The van der Waals surface area contributed by atoms with Gasteiger partial charge in [-0.15, -0.1) is 0 Å². The van der Waals surface area contributed by atoms with Gasteiger partial charge in [-0.1, -0.05) is 0 Å². The minimum atomic E-state index is -0.559. The zero-order valence-corrected chi connectivity index (χ0v) is 10.7. The summed E-state index contributed by atoms with van der Waals surface area (Å²) in [6.07, 6.45) is 5.45. The highest BCUT2D eigenvalue weighted by atomic mass is 16.4. The van der Waals surface area contributed by atoms with Crippen molar-refractivity contribution in [3.05, 3.63) is 42.1 Å². The first-order valence-electron chi connectivity index (χ1n) is 6.07. The van der Waals surface area contributed by atoms with Crippen LogP contribution >= 0.6 is 0 Å². The molecule has 2 unspecified atom stereocenters. The lowest BCUT2D eigenvalue weighted by atomic mass is 10.1. The lowest BCUT2D eigenvalue weighted by molar-refractivity contribution is 0.128. The fraction of sp³-hybridized carbons (Fsp3) is 0.462. The number of aryl methyl sites for hydroxylation is 1. The van der Waals surface area contributed by atoms with Crippen molar-refractivity contribution in [2.75, 3.05) is 0 Å². The number of nitrogens with zero attached hydrogens (tertiary/aromatic N) is 2. The highest BCUT2D eigenvalue weighted by molar-refractivity contribution is 5.04. The van der Waals surface area contributed by atoms with Crippen molar-refractivity contribution in [2.45, 2.75) is 32.0 Å². The zero-order valence-electron chi connectivity index (χ0n) is 10.7. The molecule has 5 heteroatoms. The Bertz CT molecular complexity index is 464. The quantitative estimate of drug-likeness (QED) is 0.816. The average Bonchev–Trinajstić information content (AvgIpc) is 2.97. The van der Waals surface area contributed by atoms with Crippen LogP contribution in [0.25, 0.3) is 0 Å². The summed E-state index contributed by atoms with van der Waals surface area (Å²) in [5.74, 6) is 0.616. The number of aliphatic hydroxyl groups excluding tert-OH is 1. The SMILES string of the molecule is CC(CC(O)c1ccco1)NCc1cnn(C)c1. The molecule has 98 valence electrons. The van der Waals surface area contributed by atoms with Crippen LogP contribution in [0.3, 0.4) is 0 Å². The van der Waals surface area contributed by atoms with Gasteiger partial charge in [0.15, 0.2) is 0 Å². The fourth-order valence-electron chi connectivity index (χ4n) is 1.87. The molecule has 2 heterocycles. The molecule has 0 bridgehead atoms. The molecule has 0 saturated heterocycles. The van der Waals surface area contributed by atoms with E-state index in [1.807, 2.05) is 26.4 Å². The number of rotatable bonds is 6. The Morgan fingerprint density at radius 3 is 3.00 bits per heavy atom. The van der Waals surface area contributed by atoms with E-state index in [1.165, 1.54) is 0 Å². The Labute approximate surface area is 106 Å². The molecule has 0 aliphatic carbocycles.